The molecule has 4 heteroatoms. The van der Waals surface area contributed by atoms with Gasteiger partial charge in [-0.2, -0.15) is 0 Å². The number of aliphatic carboxylic acids is 1. The van der Waals surface area contributed by atoms with E-state index in [1.165, 1.54) is 10.5 Å². The van der Waals surface area contributed by atoms with Crippen molar-refractivity contribution in [2.24, 2.45) is 0 Å². The molecular formula is C15H21NO2S. The van der Waals surface area contributed by atoms with Crippen molar-refractivity contribution in [2.45, 2.75) is 37.1 Å². The number of thioether (sulfide) groups is 1. The summed E-state index contributed by atoms with van der Waals surface area (Å²) in [6.45, 7) is 7.13. The van der Waals surface area contributed by atoms with E-state index in [2.05, 4.69) is 49.9 Å². The van der Waals surface area contributed by atoms with Crippen molar-refractivity contribution in [1.82, 2.24) is 4.90 Å². The van der Waals surface area contributed by atoms with Gasteiger partial charge in [-0.05, 0) is 32.4 Å². The van der Waals surface area contributed by atoms with Crippen LogP contribution in [0.2, 0.25) is 0 Å². The van der Waals surface area contributed by atoms with Crippen LogP contribution in [0.25, 0.3) is 0 Å². The van der Waals surface area contributed by atoms with Crippen LogP contribution >= 0.6 is 11.8 Å². The largest absolute Gasteiger partial charge is 0.480 e. The maximum absolute atomic E-state index is 11.0. The molecule has 0 radical (unpaired) electrons. The van der Waals surface area contributed by atoms with Gasteiger partial charge in [-0.25, -0.2) is 0 Å². The molecule has 1 aromatic carbocycles. The van der Waals surface area contributed by atoms with E-state index >= 15 is 0 Å². The summed E-state index contributed by atoms with van der Waals surface area (Å²) >= 11 is 1.87. The zero-order chi connectivity index (χ0) is 14.0. The Bertz CT molecular complexity index is 467. The lowest BCUT2D eigenvalue weighted by atomic mass is 9.97. The van der Waals surface area contributed by atoms with Gasteiger partial charge in [-0.15, -0.1) is 11.8 Å². The molecule has 1 heterocycles. The monoisotopic (exact) mass is 279 g/mol. The van der Waals surface area contributed by atoms with E-state index in [0.717, 1.165) is 12.3 Å². The van der Waals surface area contributed by atoms with Gasteiger partial charge in [0.25, 0.3) is 0 Å². The smallest absolute Gasteiger partial charge is 0.317 e. The van der Waals surface area contributed by atoms with Gasteiger partial charge in [-0.3, -0.25) is 9.69 Å². The summed E-state index contributed by atoms with van der Waals surface area (Å²) in [5, 5.41) is 9.07. The fourth-order valence-electron chi connectivity index (χ4n) is 2.39. The van der Waals surface area contributed by atoms with E-state index in [0.29, 0.717) is 5.92 Å². The highest BCUT2D eigenvalue weighted by atomic mass is 32.2. The first kappa shape index (κ1) is 14.4. The van der Waals surface area contributed by atoms with Crippen LogP contribution in [0, 0.1) is 0 Å². The highest BCUT2D eigenvalue weighted by molar-refractivity contribution is 7.99. The zero-order valence-electron chi connectivity index (χ0n) is 11.7. The second-order valence-electron chi connectivity index (χ2n) is 5.99. The number of carbonyl (C=O) groups is 1. The van der Waals surface area contributed by atoms with Crippen LogP contribution in [0.4, 0.5) is 0 Å². The highest BCUT2D eigenvalue weighted by Crippen LogP contribution is 2.40. The van der Waals surface area contributed by atoms with E-state index in [4.69, 9.17) is 5.11 Å². The number of hydrogen-bond donors (Lipinski definition) is 1. The minimum Gasteiger partial charge on any atom is -0.480 e. The fourth-order valence-corrected chi connectivity index (χ4v) is 3.63. The van der Waals surface area contributed by atoms with Crippen LogP contribution in [0.5, 0.6) is 0 Å². The van der Waals surface area contributed by atoms with E-state index in [-0.39, 0.29) is 12.1 Å². The second kappa shape index (κ2) is 5.55. The van der Waals surface area contributed by atoms with Gasteiger partial charge < -0.3 is 5.11 Å². The standard InChI is InChI=1S/C15H21NO2S/c1-15(2,3)16(9-14(17)18)8-11-10-19-13-7-5-4-6-12(11)13/h4-7,11H,8-10H2,1-3H3,(H,17,18). The number of hydrogen-bond acceptors (Lipinski definition) is 3. The van der Waals surface area contributed by atoms with E-state index in [9.17, 15) is 4.79 Å². The van der Waals surface area contributed by atoms with Crippen LogP contribution in [0.15, 0.2) is 29.2 Å². The number of rotatable bonds is 4. The molecule has 1 atom stereocenters. The Morgan fingerprint density at radius 1 is 1.42 bits per heavy atom. The summed E-state index contributed by atoms with van der Waals surface area (Å²) in [5.41, 5.74) is 1.24. The molecule has 0 saturated heterocycles. The summed E-state index contributed by atoms with van der Waals surface area (Å²) in [7, 11) is 0. The Morgan fingerprint density at radius 3 is 2.74 bits per heavy atom. The van der Waals surface area contributed by atoms with Crippen LogP contribution in [0.1, 0.15) is 32.3 Å². The second-order valence-corrected chi connectivity index (χ2v) is 7.05. The van der Waals surface area contributed by atoms with Gasteiger partial charge in [0, 0.05) is 28.6 Å². The Hall–Kier alpha value is -1.00. The first-order chi connectivity index (χ1) is 8.88. The van der Waals surface area contributed by atoms with Crippen LogP contribution in [-0.2, 0) is 4.79 Å². The minimum atomic E-state index is -0.756. The number of fused-ring (bicyclic) bond motifs is 1. The molecule has 1 unspecified atom stereocenters. The molecule has 0 spiro atoms. The summed E-state index contributed by atoms with van der Waals surface area (Å²) in [6, 6.07) is 8.45. The van der Waals surface area contributed by atoms with Gasteiger partial charge in [0.05, 0.1) is 6.54 Å². The maximum Gasteiger partial charge on any atom is 0.317 e. The van der Waals surface area contributed by atoms with Gasteiger partial charge in [-0.1, -0.05) is 18.2 Å². The molecule has 1 aliphatic rings. The average Bonchev–Trinajstić information content (AvgIpc) is 2.70. The Labute approximate surface area is 119 Å². The third-order valence-electron chi connectivity index (χ3n) is 3.51. The van der Waals surface area contributed by atoms with Crippen LogP contribution in [0.3, 0.4) is 0 Å². The van der Waals surface area contributed by atoms with Crippen molar-refractivity contribution in [3.8, 4) is 0 Å². The number of carboxylic acid groups (broad SMARTS) is 1. The first-order valence-electron chi connectivity index (χ1n) is 6.56. The van der Waals surface area contributed by atoms with Crippen molar-refractivity contribution in [2.75, 3.05) is 18.8 Å². The van der Waals surface area contributed by atoms with Gasteiger partial charge >= 0.3 is 5.97 Å². The summed E-state index contributed by atoms with van der Waals surface area (Å²) in [4.78, 5) is 14.4. The first-order valence-corrected chi connectivity index (χ1v) is 7.55. The molecule has 0 fully saturated rings. The normalized spacial score (nSPS) is 18.6. The predicted molar refractivity (Wildman–Crippen MR) is 78.9 cm³/mol. The van der Waals surface area contributed by atoms with Crippen molar-refractivity contribution in [1.29, 1.82) is 0 Å². The maximum atomic E-state index is 11.0. The molecule has 3 nitrogen and oxygen atoms in total. The molecule has 1 aromatic rings. The molecule has 0 saturated carbocycles. The zero-order valence-corrected chi connectivity index (χ0v) is 12.5. The molecule has 0 bridgehead atoms. The summed E-state index contributed by atoms with van der Waals surface area (Å²) in [6.07, 6.45) is 0. The molecule has 0 aromatic heterocycles. The molecule has 2 rings (SSSR count). The van der Waals surface area contributed by atoms with E-state index in [1.807, 2.05) is 11.8 Å². The number of benzene rings is 1. The summed E-state index contributed by atoms with van der Waals surface area (Å²) in [5.74, 6) is 0.722. The third-order valence-corrected chi connectivity index (χ3v) is 4.77. The molecule has 1 aliphatic heterocycles. The third kappa shape index (κ3) is 3.51. The lowest BCUT2D eigenvalue weighted by Gasteiger charge is -2.36. The Morgan fingerprint density at radius 2 is 2.11 bits per heavy atom. The molecule has 1 N–H and O–H groups in total. The van der Waals surface area contributed by atoms with Crippen molar-refractivity contribution < 1.29 is 9.90 Å². The van der Waals surface area contributed by atoms with Gasteiger partial charge in [0.15, 0.2) is 0 Å². The lowest BCUT2D eigenvalue weighted by molar-refractivity contribution is -0.139. The van der Waals surface area contributed by atoms with Crippen molar-refractivity contribution in [3.05, 3.63) is 29.8 Å². The quantitative estimate of drug-likeness (QED) is 0.919. The predicted octanol–water partition coefficient (Wildman–Crippen LogP) is 3.06. The highest BCUT2D eigenvalue weighted by Gasteiger charge is 2.30. The molecular weight excluding hydrogens is 258 g/mol. The Balaban J connectivity index is 2.13. The molecule has 0 aliphatic carbocycles. The van der Waals surface area contributed by atoms with E-state index in [1.54, 1.807) is 0 Å². The number of carboxylic acids is 1. The van der Waals surface area contributed by atoms with E-state index < -0.39 is 5.97 Å². The van der Waals surface area contributed by atoms with Gasteiger partial charge in [0.2, 0.25) is 0 Å². The number of nitrogens with zero attached hydrogens (tertiary/aromatic N) is 1. The minimum absolute atomic E-state index is 0.104. The van der Waals surface area contributed by atoms with Crippen molar-refractivity contribution >= 4 is 17.7 Å². The van der Waals surface area contributed by atoms with Crippen molar-refractivity contribution in [3.63, 3.8) is 0 Å². The van der Waals surface area contributed by atoms with Crippen LogP contribution < -0.4 is 0 Å². The molecule has 104 valence electrons. The SMILES string of the molecule is CC(C)(C)N(CC(=O)O)CC1CSc2ccccc21. The molecule has 19 heavy (non-hydrogen) atoms. The Kier molecular flexibility index (Phi) is 4.21. The van der Waals surface area contributed by atoms with Crippen LogP contribution in [-0.4, -0.2) is 40.4 Å². The fraction of sp³-hybridized carbons (Fsp3) is 0.533. The molecule has 0 amide bonds. The lowest BCUT2D eigenvalue weighted by Crippen LogP contribution is -2.46. The summed E-state index contributed by atoms with van der Waals surface area (Å²) < 4.78 is 0. The van der Waals surface area contributed by atoms with Gasteiger partial charge in [0.1, 0.15) is 0 Å². The average molecular weight is 279 g/mol. The topological polar surface area (TPSA) is 40.5 Å².